The third-order valence-corrected chi connectivity index (χ3v) is 3.21. The van der Waals surface area contributed by atoms with Crippen molar-refractivity contribution in [1.82, 2.24) is 10.6 Å². The lowest BCUT2D eigenvalue weighted by Crippen LogP contribution is -2.48. The molecular formula is C12H15BrN2O3. The predicted molar refractivity (Wildman–Crippen MR) is 70.7 cm³/mol. The van der Waals surface area contributed by atoms with Crippen molar-refractivity contribution >= 4 is 21.8 Å². The number of benzene rings is 1. The van der Waals surface area contributed by atoms with Gasteiger partial charge >= 0.3 is 0 Å². The minimum absolute atomic E-state index is 0.0327. The van der Waals surface area contributed by atoms with E-state index in [9.17, 15) is 9.90 Å². The molecule has 0 saturated carbocycles. The molecule has 1 fully saturated rings. The Balaban J connectivity index is 1.90. The Bertz CT molecular complexity index is 433. The van der Waals surface area contributed by atoms with Gasteiger partial charge in [0.25, 0.3) is 5.91 Å². The Morgan fingerprint density at radius 2 is 2.44 bits per heavy atom. The van der Waals surface area contributed by atoms with Crippen molar-refractivity contribution in [2.24, 2.45) is 0 Å². The monoisotopic (exact) mass is 314 g/mol. The number of nitrogens with one attached hydrogen (secondary N) is 2. The van der Waals surface area contributed by atoms with Gasteiger partial charge in [0.2, 0.25) is 0 Å². The number of hydrogen-bond donors (Lipinski definition) is 3. The van der Waals surface area contributed by atoms with Crippen LogP contribution in [-0.2, 0) is 4.74 Å². The molecule has 1 heterocycles. The number of ether oxygens (including phenoxy) is 1. The summed E-state index contributed by atoms with van der Waals surface area (Å²) < 4.78 is 6.03. The van der Waals surface area contributed by atoms with Crippen molar-refractivity contribution in [3.05, 3.63) is 28.2 Å². The molecule has 1 amide bonds. The molecule has 3 N–H and O–H groups in total. The van der Waals surface area contributed by atoms with E-state index in [2.05, 4.69) is 26.6 Å². The fourth-order valence-electron chi connectivity index (χ4n) is 1.76. The maximum Gasteiger partial charge on any atom is 0.255 e. The summed E-state index contributed by atoms with van der Waals surface area (Å²) >= 11 is 3.23. The van der Waals surface area contributed by atoms with E-state index in [1.165, 1.54) is 6.07 Å². The molecule has 0 aromatic heterocycles. The predicted octanol–water partition coefficient (Wildman–Crippen LogP) is 0.873. The number of carbonyl (C=O) groups excluding carboxylic acids is 1. The lowest BCUT2D eigenvalue weighted by Gasteiger charge is -2.23. The molecule has 0 spiro atoms. The first-order valence-electron chi connectivity index (χ1n) is 5.74. The Kier molecular flexibility index (Phi) is 4.57. The van der Waals surface area contributed by atoms with E-state index >= 15 is 0 Å². The molecule has 18 heavy (non-hydrogen) atoms. The van der Waals surface area contributed by atoms with Gasteiger partial charge in [-0.3, -0.25) is 4.79 Å². The summed E-state index contributed by atoms with van der Waals surface area (Å²) in [5.74, 6) is -0.317. The second-order valence-electron chi connectivity index (χ2n) is 4.10. The molecule has 1 aliphatic rings. The summed E-state index contributed by atoms with van der Waals surface area (Å²) in [6, 6.07) is 4.92. The minimum atomic E-state index is -0.285. The van der Waals surface area contributed by atoms with Crippen molar-refractivity contribution in [2.75, 3.05) is 26.3 Å². The quantitative estimate of drug-likeness (QED) is 0.774. The highest BCUT2D eigenvalue weighted by Crippen LogP contribution is 2.21. The van der Waals surface area contributed by atoms with Crippen LogP contribution < -0.4 is 10.6 Å². The molecule has 0 radical (unpaired) electrons. The molecule has 1 saturated heterocycles. The summed E-state index contributed by atoms with van der Waals surface area (Å²) in [5, 5.41) is 15.7. The highest BCUT2D eigenvalue weighted by molar-refractivity contribution is 9.10. The third-order valence-electron chi connectivity index (χ3n) is 2.71. The Morgan fingerprint density at radius 1 is 1.61 bits per heavy atom. The van der Waals surface area contributed by atoms with Crippen molar-refractivity contribution < 1.29 is 14.6 Å². The Hall–Kier alpha value is -1.11. The van der Waals surface area contributed by atoms with Gasteiger partial charge in [-0.25, -0.2) is 0 Å². The fraction of sp³-hybridized carbons (Fsp3) is 0.417. The molecular weight excluding hydrogens is 300 g/mol. The number of halogens is 1. The maximum absolute atomic E-state index is 11.9. The van der Waals surface area contributed by atoms with Crippen molar-refractivity contribution in [3.8, 4) is 5.75 Å². The molecule has 0 aliphatic carbocycles. The van der Waals surface area contributed by atoms with Crippen LogP contribution in [-0.4, -0.2) is 43.4 Å². The second kappa shape index (κ2) is 6.17. The standard InChI is InChI=1S/C12H15BrN2O3/c13-8-1-2-10(11(16)5-8)12(17)15-6-9-7-18-4-3-14-9/h1-2,5,9,14,16H,3-4,6-7H2,(H,15,17). The fourth-order valence-corrected chi connectivity index (χ4v) is 2.11. The zero-order valence-corrected chi connectivity index (χ0v) is 11.4. The molecule has 1 atom stereocenters. The SMILES string of the molecule is O=C(NCC1COCCN1)c1ccc(Br)cc1O. The Morgan fingerprint density at radius 3 is 3.11 bits per heavy atom. The number of phenols is 1. The van der Waals surface area contributed by atoms with Crippen LogP contribution in [0.2, 0.25) is 0 Å². The van der Waals surface area contributed by atoms with E-state index in [1.807, 2.05) is 0 Å². The molecule has 98 valence electrons. The van der Waals surface area contributed by atoms with Crippen LogP contribution >= 0.6 is 15.9 Å². The smallest absolute Gasteiger partial charge is 0.255 e. The lowest BCUT2D eigenvalue weighted by atomic mass is 10.2. The van der Waals surface area contributed by atoms with E-state index in [0.717, 1.165) is 11.0 Å². The molecule has 1 aromatic carbocycles. The number of aromatic hydroxyl groups is 1. The number of phenolic OH excluding ortho intramolecular Hbond substituents is 1. The van der Waals surface area contributed by atoms with Gasteiger partial charge in [-0.05, 0) is 18.2 Å². The number of amides is 1. The van der Waals surface area contributed by atoms with E-state index in [0.29, 0.717) is 19.8 Å². The summed E-state index contributed by atoms with van der Waals surface area (Å²) in [7, 11) is 0. The van der Waals surface area contributed by atoms with Crippen LogP contribution in [0.15, 0.2) is 22.7 Å². The zero-order valence-electron chi connectivity index (χ0n) is 9.78. The highest BCUT2D eigenvalue weighted by Gasteiger charge is 2.16. The van der Waals surface area contributed by atoms with Gasteiger partial charge in [-0.1, -0.05) is 15.9 Å². The van der Waals surface area contributed by atoms with E-state index in [1.54, 1.807) is 12.1 Å². The number of morpholine rings is 1. The molecule has 6 heteroatoms. The van der Waals surface area contributed by atoms with Crippen LogP contribution in [0.5, 0.6) is 5.75 Å². The normalized spacial score (nSPS) is 19.5. The van der Waals surface area contributed by atoms with Crippen LogP contribution in [0.4, 0.5) is 0 Å². The lowest BCUT2D eigenvalue weighted by molar-refractivity contribution is 0.0734. The molecule has 1 aromatic rings. The third kappa shape index (κ3) is 3.44. The van der Waals surface area contributed by atoms with Crippen LogP contribution in [0.25, 0.3) is 0 Å². The van der Waals surface area contributed by atoms with Crippen molar-refractivity contribution in [2.45, 2.75) is 6.04 Å². The minimum Gasteiger partial charge on any atom is -0.507 e. The molecule has 1 aliphatic heterocycles. The maximum atomic E-state index is 11.9. The van der Waals surface area contributed by atoms with E-state index in [-0.39, 0.29) is 23.3 Å². The van der Waals surface area contributed by atoms with Gasteiger partial charge in [0.1, 0.15) is 5.75 Å². The molecule has 0 bridgehead atoms. The van der Waals surface area contributed by atoms with Gasteiger partial charge in [-0.2, -0.15) is 0 Å². The van der Waals surface area contributed by atoms with E-state index < -0.39 is 0 Å². The zero-order chi connectivity index (χ0) is 13.0. The van der Waals surface area contributed by atoms with Crippen LogP contribution in [0, 0.1) is 0 Å². The first kappa shape index (κ1) is 13.3. The number of hydrogen-bond acceptors (Lipinski definition) is 4. The molecule has 5 nitrogen and oxygen atoms in total. The summed E-state index contributed by atoms with van der Waals surface area (Å²) in [6.07, 6.45) is 0. The molecule has 1 unspecified atom stereocenters. The van der Waals surface area contributed by atoms with Gasteiger partial charge < -0.3 is 20.5 Å². The summed E-state index contributed by atoms with van der Waals surface area (Å²) in [5.41, 5.74) is 0.273. The first-order valence-corrected chi connectivity index (χ1v) is 6.54. The molecule has 2 rings (SSSR count). The summed E-state index contributed by atoms with van der Waals surface area (Å²) in [6.45, 7) is 2.57. The number of rotatable bonds is 3. The van der Waals surface area contributed by atoms with Gasteiger partial charge in [-0.15, -0.1) is 0 Å². The average molecular weight is 315 g/mol. The van der Waals surface area contributed by atoms with Gasteiger partial charge in [0, 0.05) is 23.6 Å². The van der Waals surface area contributed by atoms with Crippen LogP contribution in [0.3, 0.4) is 0 Å². The second-order valence-corrected chi connectivity index (χ2v) is 5.01. The number of carbonyl (C=O) groups is 1. The highest BCUT2D eigenvalue weighted by atomic mass is 79.9. The van der Waals surface area contributed by atoms with Crippen molar-refractivity contribution in [3.63, 3.8) is 0 Å². The Labute approximate surface area is 114 Å². The van der Waals surface area contributed by atoms with E-state index in [4.69, 9.17) is 4.74 Å². The average Bonchev–Trinajstić information content (AvgIpc) is 2.37. The largest absolute Gasteiger partial charge is 0.507 e. The van der Waals surface area contributed by atoms with Gasteiger partial charge in [0.05, 0.1) is 18.8 Å². The van der Waals surface area contributed by atoms with Crippen molar-refractivity contribution in [1.29, 1.82) is 0 Å². The topological polar surface area (TPSA) is 70.6 Å². The van der Waals surface area contributed by atoms with Crippen LogP contribution in [0.1, 0.15) is 10.4 Å². The summed E-state index contributed by atoms with van der Waals surface area (Å²) in [4.78, 5) is 11.9. The van der Waals surface area contributed by atoms with Gasteiger partial charge in [0.15, 0.2) is 0 Å². The first-order chi connectivity index (χ1) is 8.66.